The average molecular weight is 447 g/mol. The van der Waals surface area contributed by atoms with Crippen molar-refractivity contribution in [1.29, 1.82) is 0 Å². The van der Waals surface area contributed by atoms with E-state index < -0.39 is 5.51 Å². The van der Waals surface area contributed by atoms with Gasteiger partial charge in [0.1, 0.15) is 0 Å². The van der Waals surface area contributed by atoms with Gasteiger partial charge in [0.2, 0.25) is 0 Å². The molecule has 0 radical (unpaired) electrons. The third kappa shape index (κ3) is 4.56. The normalized spacial score (nSPS) is 29.1. The standard InChI is InChI=1S/C24H25F3N2OS/c25-24(26,27)31-19-7-5-18(6-8-19)28-21-4-2-1-3-20(21)22(30)29-23-12-15-9-16(13-23)11-17(10-15)14-23/h1-8,15-17,28H,9-14H2,(H,29,30). The van der Waals surface area contributed by atoms with E-state index in [-0.39, 0.29) is 28.1 Å². The summed E-state index contributed by atoms with van der Waals surface area (Å²) in [6, 6.07) is 13.4. The number of carbonyl (C=O) groups is 1. The molecule has 0 unspecified atom stereocenters. The van der Waals surface area contributed by atoms with Gasteiger partial charge < -0.3 is 10.6 Å². The van der Waals surface area contributed by atoms with Crippen molar-refractivity contribution in [2.75, 3.05) is 5.32 Å². The summed E-state index contributed by atoms with van der Waals surface area (Å²) >= 11 is -0.137. The van der Waals surface area contributed by atoms with Crippen LogP contribution in [0.5, 0.6) is 0 Å². The smallest absolute Gasteiger partial charge is 0.355 e. The van der Waals surface area contributed by atoms with Crippen molar-refractivity contribution in [3.05, 3.63) is 54.1 Å². The highest BCUT2D eigenvalue weighted by atomic mass is 32.2. The van der Waals surface area contributed by atoms with Crippen LogP contribution in [0.1, 0.15) is 48.9 Å². The molecule has 31 heavy (non-hydrogen) atoms. The van der Waals surface area contributed by atoms with Crippen LogP contribution in [0.4, 0.5) is 24.5 Å². The van der Waals surface area contributed by atoms with Gasteiger partial charge in [0, 0.05) is 16.1 Å². The third-order valence-electron chi connectivity index (χ3n) is 6.96. The maximum atomic E-state index is 13.3. The summed E-state index contributed by atoms with van der Waals surface area (Å²) in [5.74, 6) is 2.16. The second kappa shape index (κ2) is 7.76. The minimum atomic E-state index is -4.31. The Labute approximate surface area is 184 Å². The molecule has 0 atom stereocenters. The number of halogens is 3. The van der Waals surface area contributed by atoms with Crippen molar-refractivity contribution >= 4 is 29.0 Å². The predicted octanol–water partition coefficient (Wildman–Crippen LogP) is 6.74. The molecule has 1 amide bonds. The lowest BCUT2D eigenvalue weighted by Crippen LogP contribution is -2.59. The van der Waals surface area contributed by atoms with Gasteiger partial charge >= 0.3 is 5.51 Å². The van der Waals surface area contributed by atoms with Crippen molar-refractivity contribution in [3.8, 4) is 0 Å². The van der Waals surface area contributed by atoms with Gasteiger partial charge in [-0.1, -0.05) is 12.1 Å². The SMILES string of the molecule is O=C(NC12CC3CC(CC(C3)C1)C2)c1ccccc1Nc1ccc(SC(F)(F)F)cc1. The summed E-state index contributed by atoms with van der Waals surface area (Å²) in [5.41, 5.74) is -2.53. The van der Waals surface area contributed by atoms with E-state index in [1.807, 2.05) is 18.2 Å². The number of para-hydroxylation sites is 1. The van der Waals surface area contributed by atoms with Crippen LogP contribution in [0.2, 0.25) is 0 Å². The fraction of sp³-hybridized carbons (Fsp3) is 0.458. The lowest BCUT2D eigenvalue weighted by atomic mass is 9.53. The number of rotatable bonds is 5. The number of nitrogens with one attached hydrogen (secondary N) is 2. The Morgan fingerprint density at radius 3 is 2.06 bits per heavy atom. The van der Waals surface area contributed by atoms with Crippen LogP contribution in [0.15, 0.2) is 53.4 Å². The average Bonchev–Trinajstić information content (AvgIpc) is 2.67. The second-order valence-corrected chi connectivity index (χ2v) is 10.5. The van der Waals surface area contributed by atoms with E-state index in [1.165, 1.54) is 31.4 Å². The number of hydrogen-bond donors (Lipinski definition) is 2. The van der Waals surface area contributed by atoms with Gasteiger partial charge in [-0.25, -0.2) is 0 Å². The molecule has 2 aromatic carbocycles. The second-order valence-electron chi connectivity index (χ2n) is 9.39. The van der Waals surface area contributed by atoms with Crippen LogP contribution in [-0.4, -0.2) is 17.0 Å². The highest BCUT2D eigenvalue weighted by Crippen LogP contribution is 2.55. The summed E-state index contributed by atoms with van der Waals surface area (Å²) in [7, 11) is 0. The summed E-state index contributed by atoms with van der Waals surface area (Å²) in [4.78, 5) is 13.4. The molecular formula is C24H25F3N2OS. The number of hydrogen-bond acceptors (Lipinski definition) is 3. The Bertz CT molecular complexity index is 938. The van der Waals surface area contributed by atoms with E-state index in [2.05, 4.69) is 10.6 Å². The van der Waals surface area contributed by atoms with Crippen LogP contribution in [0.3, 0.4) is 0 Å². The topological polar surface area (TPSA) is 41.1 Å². The third-order valence-corrected chi connectivity index (χ3v) is 7.69. The molecule has 7 heteroatoms. The molecule has 4 saturated carbocycles. The van der Waals surface area contributed by atoms with Gasteiger partial charge in [-0.3, -0.25) is 4.79 Å². The first kappa shape index (κ1) is 20.7. The first-order valence-corrected chi connectivity index (χ1v) is 11.6. The molecule has 0 aromatic heterocycles. The van der Waals surface area contributed by atoms with E-state index in [4.69, 9.17) is 0 Å². The van der Waals surface area contributed by atoms with Crippen LogP contribution in [-0.2, 0) is 0 Å². The molecule has 2 aromatic rings. The summed E-state index contributed by atoms with van der Waals surface area (Å²) in [6.45, 7) is 0. The zero-order valence-corrected chi connectivity index (χ0v) is 17.9. The summed E-state index contributed by atoms with van der Waals surface area (Å²) in [5, 5.41) is 6.59. The molecule has 4 aliphatic carbocycles. The number of amides is 1. The molecule has 4 fully saturated rings. The number of anilines is 2. The Kier molecular flexibility index (Phi) is 5.19. The molecular weight excluding hydrogens is 421 g/mol. The fourth-order valence-corrected chi connectivity index (χ4v) is 6.80. The van der Waals surface area contributed by atoms with E-state index >= 15 is 0 Å². The number of thioether (sulfide) groups is 1. The van der Waals surface area contributed by atoms with Gasteiger partial charge in [0.05, 0.1) is 11.3 Å². The Morgan fingerprint density at radius 1 is 0.903 bits per heavy atom. The first-order valence-electron chi connectivity index (χ1n) is 10.8. The maximum absolute atomic E-state index is 13.3. The van der Waals surface area contributed by atoms with Crippen molar-refractivity contribution in [3.63, 3.8) is 0 Å². The number of benzene rings is 2. The lowest BCUT2D eigenvalue weighted by molar-refractivity contribution is -0.0328. The van der Waals surface area contributed by atoms with Crippen LogP contribution >= 0.6 is 11.8 Å². The van der Waals surface area contributed by atoms with Crippen LogP contribution in [0, 0.1) is 17.8 Å². The molecule has 2 N–H and O–H groups in total. The monoisotopic (exact) mass is 446 g/mol. The van der Waals surface area contributed by atoms with Crippen LogP contribution < -0.4 is 10.6 Å². The van der Waals surface area contributed by atoms with E-state index in [9.17, 15) is 18.0 Å². The molecule has 6 rings (SSSR count). The Hall–Kier alpha value is -2.15. The zero-order chi connectivity index (χ0) is 21.6. The highest BCUT2D eigenvalue weighted by molar-refractivity contribution is 8.00. The van der Waals surface area contributed by atoms with E-state index in [1.54, 1.807) is 18.2 Å². The quantitative estimate of drug-likeness (QED) is 0.500. The van der Waals surface area contributed by atoms with Crippen molar-refractivity contribution in [2.45, 2.75) is 54.5 Å². The van der Waals surface area contributed by atoms with E-state index in [0.717, 1.165) is 37.0 Å². The molecule has 0 aliphatic heterocycles. The lowest BCUT2D eigenvalue weighted by Gasteiger charge is -2.56. The minimum absolute atomic E-state index is 0.0740. The zero-order valence-electron chi connectivity index (χ0n) is 17.0. The van der Waals surface area contributed by atoms with Crippen molar-refractivity contribution in [1.82, 2.24) is 5.32 Å². The van der Waals surface area contributed by atoms with Crippen molar-refractivity contribution < 1.29 is 18.0 Å². The number of carbonyl (C=O) groups excluding carboxylic acids is 1. The van der Waals surface area contributed by atoms with Gasteiger partial charge in [-0.05, 0) is 104 Å². The molecule has 4 bridgehead atoms. The van der Waals surface area contributed by atoms with Gasteiger partial charge in [0.25, 0.3) is 5.91 Å². The summed E-state index contributed by atoms with van der Waals surface area (Å²) in [6.07, 6.45) is 7.19. The van der Waals surface area contributed by atoms with Crippen molar-refractivity contribution in [2.24, 2.45) is 17.8 Å². The molecule has 0 saturated heterocycles. The first-order chi connectivity index (χ1) is 14.8. The summed E-state index contributed by atoms with van der Waals surface area (Å²) < 4.78 is 37.6. The van der Waals surface area contributed by atoms with Gasteiger partial charge in [-0.15, -0.1) is 0 Å². The van der Waals surface area contributed by atoms with Gasteiger partial charge in [-0.2, -0.15) is 13.2 Å². The molecule has 164 valence electrons. The fourth-order valence-electron chi connectivity index (χ4n) is 6.26. The molecule has 4 aliphatic rings. The van der Waals surface area contributed by atoms with Gasteiger partial charge in [0.15, 0.2) is 0 Å². The van der Waals surface area contributed by atoms with E-state index in [0.29, 0.717) is 16.9 Å². The molecule has 0 spiro atoms. The maximum Gasteiger partial charge on any atom is 0.446 e. The minimum Gasteiger partial charge on any atom is -0.355 e. The highest BCUT2D eigenvalue weighted by Gasteiger charge is 2.51. The Morgan fingerprint density at radius 2 is 1.48 bits per heavy atom. The van der Waals surface area contributed by atoms with Crippen LogP contribution in [0.25, 0.3) is 0 Å². The largest absolute Gasteiger partial charge is 0.446 e. The molecule has 3 nitrogen and oxygen atoms in total. The molecule has 0 heterocycles. The Balaban J connectivity index is 1.31. The number of alkyl halides is 3. The predicted molar refractivity (Wildman–Crippen MR) is 116 cm³/mol.